The molecule has 0 radical (unpaired) electrons. The van der Waals surface area contributed by atoms with Gasteiger partial charge in [0.15, 0.2) is 0 Å². The first-order valence-electron chi connectivity index (χ1n) is 16.2. The first-order valence-corrected chi connectivity index (χ1v) is 16.2. The summed E-state index contributed by atoms with van der Waals surface area (Å²) in [5.41, 5.74) is -1.74. The fourth-order valence-corrected chi connectivity index (χ4v) is 4.82. The molecule has 0 aliphatic heterocycles. The number of para-hydroxylation sites is 2. The average molecular weight is 671 g/mol. The summed E-state index contributed by atoms with van der Waals surface area (Å²) >= 11 is 0. The van der Waals surface area contributed by atoms with E-state index in [1.807, 2.05) is 0 Å². The molecule has 0 aliphatic rings. The summed E-state index contributed by atoms with van der Waals surface area (Å²) in [6, 6.07) is 32.6. The maximum absolute atomic E-state index is 16.0. The third kappa shape index (κ3) is 9.44. The molecule has 0 saturated carbocycles. The second-order valence-electron chi connectivity index (χ2n) is 11.1. The van der Waals surface area contributed by atoms with Crippen LogP contribution in [0.1, 0.15) is 45.2 Å². The first kappa shape index (κ1) is 38.2. The van der Waals surface area contributed by atoms with Gasteiger partial charge < -0.3 is 9.80 Å². The molecule has 4 aromatic rings. The molecule has 0 N–H and O–H groups in total. The van der Waals surface area contributed by atoms with Crippen LogP contribution in [0.3, 0.4) is 0 Å². The Kier molecular flexibility index (Phi) is 13.9. The lowest BCUT2D eigenvalue weighted by Crippen LogP contribution is -2.44. The van der Waals surface area contributed by atoms with Crippen molar-refractivity contribution in [2.45, 2.75) is 46.0 Å². The Morgan fingerprint density at radius 1 is 0.551 bits per heavy atom. The summed E-state index contributed by atoms with van der Waals surface area (Å²) in [7, 11) is 0. The summed E-state index contributed by atoms with van der Waals surface area (Å²) in [5.74, 6) is -13.4. The number of allylic oxidation sites excluding steroid dienone is 3. The van der Waals surface area contributed by atoms with Gasteiger partial charge in [0.2, 0.25) is 11.6 Å². The van der Waals surface area contributed by atoms with E-state index in [2.05, 4.69) is 20.4 Å². The monoisotopic (exact) mass is 670 g/mol. The van der Waals surface area contributed by atoms with Crippen molar-refractivity contribution in [3.8, 4) is 0 Å². The standard InChI is InChI=1S/C38H34F4N2O2.C3H8/c1-4-43(31-22-14-8-15-23-31)26-33(29-18-10-6-11-19-29)35(45)37(39,40)28(3)38(41,42)36(46)34(30-20-12-7-13-21-30)27-44(5-2)32-24-16-9-17-25-32;1-3-2/h6-27H,3-5H2,1-2H3;3H2,1-2H3/b33-26+,34-27+;. The fraction of sp³-hybridized carbons (Fsp3) is 0.220. The van der Waals surface area contributed by atoms with Gasteiger partial charge in [-0.1, -0.05) is 124 Å². The van der Waals surface area contributed by atoms with Gasteiger partial charge in [0.1, 0.15) is 0 Å². The summed E-state index contributed by atoms with van der Waals surface area (Å²) in [4.78, 5) is 30.4. The number of ketones is 2. The molecule has 49 heavy (non-hydrogen) atoms. The van der Waals surface area contributed by atoms with E-state index in [9.17, 15) is 9.59 Å². The van der Waals surface area contributed by atoms with Gasteiger partial charge in [-0.05, 0) is 49.2 Å². The number of hydrogen-bond acceptors (Lipinski definition) is 4. The molecule has 4 nitrogen and oxygen atoms in total. The highest BCUT2D eigenvalue weighted by Crippen LogP contribution is 2.42. The van der Waals surface area contributed by atoms with Crippen molar-refractivity contribution < 1.29 is 27.2 Å². The van der Waals surface area contributed by atoms with Gasteiger partial charge in [-0.25, -0.2) is 0 Å². The number of alkyl halides is 4. The lowest BCUT2D eigenvalue weighted by molar-refractivity contribution is -0.143. The number of Topliss-reactive ketones (excluding diaryl/α,β-unsaturated/α-hetero) is 2. The predicted molar refractivity (Wildman–Crippen MR) is 193 cm³/mol. The van der Waals surface area contributed by atoms with E-state index in [4.69, 9.17) is 0 Å². The summed E-state index contributed by atoms with van der Waals surface area (Å²) < 4.78 is 64.2. The van der Waals surface area contributed by atoms with Crippen LogP contribution in [0.25, 0.3) is 11.1 Å². The Bertz CT molecular complexity index is 1600. The van der Waals surface area contributed by atoms with Crippen molar-refractivity contribution in [3.63, 3.8) is 0 Å². The number of anilines is 2. The topological polar surface area (TPSA) is 40.6 Å². The van der Waals surface area contributed by atoms with Crippen LogP contribution >= 0.6 is 0 Å². The zero-order chi connectivity index (χ0) is 36.0. The third-order valence-corrected chi connectivity index (χ3v) is 7.41. The van der Waals surface area contributed by atoms with Crippen LogP contribution in [0.15, 0.2) is 146 Å². The minimum Gasteiger partial charge on any atom is -0.348 e. The highest BCUT2D eigenvalue weighted by molar-refractivity contribution is 6.28. The maximum Gasteiger partial charge on any atom is 0.337 e. The maximum atomic E-state index is 16.0. The highest BCUT2D eigenvalue weighted by atomic mass is 19.3. The zero-order valence-corrected chi connectivity index (χ0v) is 28.3. The van der Waals surface area contributed by atoms with Crippen LogP contribution in [0.2, 0.25) is 0 Å². The number of carbonyl (C=O) groups excluding carboxylic acids is 2. The molecule has 0 aromatic heterocycles. The molecule has 0 amide bonds. The number of rotatable bonds is 14. The van der Waals surface area contributed by atoms with E-state index >= 15 is 17.6 Å². The molecule has 4 rings (SSSR count). The van der Waals surface area contributed by atoms with Crippen LogP contribution in [-0.2, 0) is 9.59 Å². The summed E-state index contributed by atoms with van der Waals surface area (Å²) in [6.07, 6.45) is 3.67. The number of benzene rings is 4. The minimum atomic E-state index is -4.82. The molecule has 256 valence electrons. The molecule has 4 aromatic carbocycles. The molecule has 0 spiro atoms. The quantitative estimate of drug-likeness (QED) is 0.0761. The molecular weight excluding hydrogens is 628 g/mol. The van der Waals surface area contributed by atoms with Crippen LogP contribution in [0.5, 0.6) is 0 Å². The fourth-order valence-electron chi connectivity index (χ4n) is 4.82. The van der Waals surface area contributed by atoms with Crippen LogP contribution in [-0.4, -0.2) is 36.5 Å². The van der Waals surface area contributed by atoms with E-state index in [0.29, 0.717) is 11.4 Å². The van der Waals surface area contributed by atoms with Crippen molar-refractivity contribution in [1.82, 2.24) is 0 Å². The van der Waals surface area contributed by atoms with E-state index in [-0.39, 0.29) is 24.2 Å². The Balaban J connectivity index is 0.00000209. The van der Waals surface area contributed by atoms with Crippen molar-refractivity contribution >= 4 is 34.1 Å². The minimum absolute atomic E-state index is 0.0929. The number of hydrogen-bond donors (Lipinski definition) is 0. The molecule has 0 fully saturated rings. The first-order chi connectivity index (χ1) is 23.4. The largest absolute Gasteiger partial charge is 0.348 e. The number of nitrogens with zero attached hydrogens (tertiary/aromatic N) is 2. The van der Waals surface area contributed by atoms with E-state index in [1.54, 1.807) is 121 Å². The summed E-state index contributed by atoms with van der Waals surface area (Å²) in [5, 5.41) is 0. The van der Waals surface area contributed by atoms with E-state index in [1.165, 1.54) is 43.1 Å². The smallest absolute Gasteiger partial charge is 0.337 e. The van der Waals surface area contributed by atoms with Crippen LogP contribution in [0.4, 0.5) is 28.9 Å². The van der Waals surface area contributed by atoms with E-state index in [0.717, 1.165) is 0 Å². The normalized spacial score (nSPS) is 12.0. The van der Waals surface area contributed by atoms with Crippen molar-refractivity contribution in [1.29, 1.82) is 0 Å². The number of carbonyl (C=O) groups is 2. The van der Waals surface area contributed by atoms with Gasteiger partial charge in [-0.15, -0.1) is 0 Å². The van der Waals surface area contributed by atoms with Gasteiger partial charge in [0.05, 0.1) is 5.57 Å². The van der Waals surface area contributed by atoms with Gasteiger partial charge in [0.25, 0.3) is 0 Å². The molecule has 0 heterocycles. The van der Waals surface area contributed by atoms with Crippen molar-refractivity contribution in [3.05, 3.63) is 157 Å². The van der Waals surface area contributed by atoms with Gasteiger partial charge in [-0.3, -0.25) is 9.59 Å². The molecular formula is C41H42F4N2O2. The Morgan fingerprint density at radius 2 is 0.816 bits per heavy atom. The Morgan fingerprint density at radius 3 is 1.08 bits per heavy atom. The predicted octanol–water partition coefficient (Wildman–Crippen LogP) is 10.5. The molecule has 8 heteroatoms. The average Bonchev–Trinajstić information content (AvgIpc) is 3.13. The van der Waals surface area contributed by atoms with Gasteiger partial charge in [-0.2, -0.15) is 17.6 Å². The lowest BCUT2D eigenvalue weighted by atomic mass is 9.88. The second-order valence-corrected chi connectivity index (χ2v) is 11.1. The van der Waals surface area contributed by atoms with Crippen molar-refractivity contribution in [2.24, 2.45) is 0 Å². The van der Waals surface area contributed by atoms with Crippen LogP contribution < -0.4 is 9.80 Å². The molecule has 0 saturated heterocycles. The summed E-state index contributed by atoms with van der Waals surface area (Å²) in [6.45, 7) is 11.3. The number of halogens is 4. The van der Waals surface area contributed by atoms with Gasteiger partial charge in [0, 0.05) is 48.0 Å². The molecule has 0 unspecified atom stereocenters. The SMILES string of the molecule is C=C(C(F)(F)C(=O)/C(=C/N(CC)c1ccccc1)c1ccccc1)C(F)(F)C(=O)/C(=C/N(CC)c1ccccc1)c1ccccc1.CCC. The third-order valence-electron chi connectivity index (χ3n) is 7.41. The second kappa shape index (κ2) is 17.8. The molecule has 0 aliphatic carbocycles. The van der Waals surface area contributed by atoms with Crippen LogP contribution in [0, 0.1) is 0 Å². The zero-order valence-electron chi connectivity index (χ0n) is 28.3. The Labute approximate surface area is 286 Å². The lowest BCUT2D eigenvalue weighted by Gasteiger charge is -2.28. The van der Waals surface area contributed by atoms with E-state index < -0.39 is 40.1 Å². The van der Waals surface area contributed by atoms with Crippen molar-refractivity contribution in [2.75, 3.05) is 22.9 Å². The Hall–Kier alpha value is -5.24. The van der Waals surface area contributed by atoms with Gasteiger partial charge >= 0.3 is 11.8 Å². The molecule has 0 bridgehead atoms. The highest BCUT2D eigenvalue weighted by Gasteiger charge is 2.58. The molecule has 0 atom stereocenters.